The Hall–Kier alpha value is -1.71. The maximum atomic E-state index is 10.4. The summed E-state index contributed by atoms with van der Waals surface area (Å²) in [4.78, 5) is 10.4. The number of rotatable bonds is 4. The molecule has 0 atom stereocenters. The monoisotopic (exact) mass is 209 g/mol. The Morgan fingerprint density at radius 1 is 1.40 bits per heavy atom. The summed E-state index contributed by atoms with van der Waals surface area (Å²) in [7, 11) is 1.62. The normalized spacial score (nSPS) is 9.80. The first kappa shape index (κ1) is 11.4. The molecule has 15 heavy (non-hydrogen) atoms. The molecule has 0 aliphatic rings. The third kappa shape index (κ3) is 2.87. The van der Waals surface area contributed by atoms with Gasteiger partial charge in [-0.3, -0.25) is 4.79 Å². The molecule has 0 amide bonds. The molecule has 4 heteroatoms. The van der Waals surface area contributed by atoms with Crippen molar-refractivity contribution in [1.29, 1.82) is 0 Å². The van der Waals surface area contributed by atoms with Crippen molar-refractivity contribution < 1.29 is 14.6 Å². The van der Waals surface area contributed by atoms with Crippen LogP contribution in [0.4, 0.5) is 5.69 Å². The van der Waals surface area contributed by atoms with Crippen molar-refractivity contribution in [3.05, 3.63) is 23.3 Å². The van der Waals surface area contributed by atoms with Gasteiger partial charge in [0.25, 0.3) is 0 Å². The van der Waals surface area contributed by atoms with Gasteiger partial charge >= 0.3 is 5.97 Å². The first-order valence-corrected chi connectivity index (χ1v) is 4.65. The molecule has 0 aliphatic heterocycles. The van der Waals surface area contributed by atoms with Crippen LogP contribution in [-0.2, 0) is 4.79 Å². The second-order valence-electron chi connectivity index (χ2n) is 3.38. The standard InChI is InChI=1S/C11H15NO3/c1-7-5-10(15-3)8(2)4-9(7)12-6-11(13)14/h4-5,12H,6H2,1-3H3,(H,13,14). The number of methoxy groups -OCH3 is 1. The third-order valence-electron chi connectivity index (χ3n) is 2.17. The van der Waals surface area contributed by atoms with Crippen molar-refractivity contribution in [2.45, 2.75) is 13.8 Å². The van der Waals surface area contributed by atoms with E-state index in [1.54, 1.807) is 7.11 Å². The molecule has 0 spiro atoms. The molecule has 1 aromatic rings. The van der Waals surface area contributed by atoms with Gasteiger partial charge in [0, 0.05) is 5.69 Å². The molecule has 0 bridgehead atoms. The van der Waals surface area contributed by atoms with Crippen molar-refractivity contribution in [2.24, 2.45) is 0 Å². The van der Waals surface area contributed by atoms with Crippen LogP contribution in [0.25, 0.3) is 0 Å². The number of carboxylic acid groups (broad SMARTS) is 1. The molecule has 0 saturated heterocycles. The van der Waals surface area contributed by atoms with Crippen molar-refractivity contribution in [3.63, 3.8) is 0 Å². The fourth-order valence-electron chi connectivity index (χ4n) is 1.37. The Morgan fingerprint density at radius 3 is 2.60 bits per heavy atom. The summed E-state index contributed by atoms with van der Waals surface area (Å²) in [6.45, 7) is 3.75. The lowest BCUT2D eigenvalue weighted by molar-refractivity contribution is -0.134. The van der Waals surface area contributed by atoms with Gasteiger partial charge in [0.05, 0.1) is 7.11 Å². The number of benzene rings is 1. The fourth-order valence-corrected chi connectivity index (χ4v) is 1.37. The number of carbonyl (C=O) groups is 1. The van der Waals surface area contributed by atoms with Gasteiger partial charge in [-0.15, -0.1) is 0 Å². The number of carboxylic acids is 1. The first-order chi connectivity index (χ1) is 7.04. The molecular formula is C11H15NO3. The number of aryl methyl sites for hydroxylation is 2. The number of aliphatic carboxylic acids is 1. The van der Waals surface area contributed by atoms with E-state index >= 15 is 0 Å². The zero-order chi connectivity index (χ0) is 11.4. The molecule has 0 heterocycles. The molecule has 4 nitrogen and oxygen atoms in total. The fraction of sp³-hybridized carbons (Fsp3) is 0.364. The molecule has 0 radical (unpaired) electrons. The molecule has 0 saturated carbocycles. The first-order valence-electron chi connectivity index (χ1n) is 4.65. The van der Waals surface area contributed by atoms with Gasteiger partial charge in [0.1, 0.15) is 12.3 Å². The second kappa shape index (κ2) is 4.68. The average Bonchev–Trinajstić information content (AvgIpc) is 2.18. The van der Waals surface area contributed by atoms with Crippen LogP contribution in [-0.4, -0.2) is 24.7 Å². The lowest BCUT2D eigenvalue weighted by Gasteiger charge is -2.11. The Morgan fingerprint density at radius 2 is 2.07 bits per heavy atom. The predicted octanol–water partition coefficient (Wildman–Crippen LogP) is 1.81. The second-order valence-corrected chi connectivity index (χ2v) is 3.38. The van der Waals surface area contributed by atoms with Gasteiger partial charge < -0.3 is 15.2 Å². The highest BCUT2D eigenvalue weighted by Crippen LogP contribution is 2.25. The topological polar surface area (TPSA) is 58.6 Å². The summed E-state index contributed by atoms with van der Waals surface area (Å²) in [6, 6.07) is 3.77. The minimum Gasteiger partial charge on any atom is -0.496 e. The van der Waals surface area contributed by atoms with Gasteiger partial charge in [-0.05, 0) is 37.1 Å². The van der Waals surface area contributed by atoms with E-state index in [2.05, 4.69) is 5.32 Å². The SMILES string of the molecule is COc1cc(C)c(NCC(=O)O)cc1C. The number of hydrogen-bond donors (Lipinski definition) is 2. The summed E-state index contributed by atoms with van der Waals surface area (Å²) < 4.78 is 5.16. The molecule has 2 N–H and O–H groups in total. The van der Waals surface area contributed by atoms with Crippen LogP contribution in [0.15, 0.2) is 12.1 Å². The van der Waals surface area contributed by atoms with Crippen LogP contribution < -0.4 is 10.1 Å². The molecule has 0 aromatic heterocycles. The van der Waals surface area contributed by atoms with E-state index < -0.39 is 5.97 Å². The summed E-state index contributed by atoms with van der Waals surface area (Å²) in [5, 5.41) is 11.4. The molecule has 1 rings (SSSR count). The van der Waals surface area contributed by atoms with E-state index in [1.807, 2.05) is 26.0 Å². The summed E-state index contributed by atoms with van der Waals surface area (Å²) in [5.74, 6) is -0.0590. The zero-order valence-electron chi connectivity index (χ0n) is 9.13. The van der Waals surface area contributed by atoms with Crippen molar-refractivity contribution in [3.8, 4) is 5.75 Å². The quantitative estimate of drug-likeness (QED) is 0.794. The minimum absolute atomic E-state index is 0.0768. The molecule has 1 aromatic carbocycles. The lowest BCUT2D eigenvalue weighted by atomic mass is 10.1. The number of hydrogen-bond acceptors (Lipinski definition) is 3. The Kier molecular flexibility index (Phi) is 3.55. The third-order valence-corrected chi connectivity index (χ3v) is 2.17. The smallest absolute Gasteiger partial charge is 0.322 e. The maximum absolute atomic E-state index is 10.4. The van der Waals surface area contributed by atoms with Crippen LogP contribution in [0.3, 0.4) is 0 Å². The van der Waals surface area contributed by atoms with E-state index in [-0.39, 0.29) is 6.54 Å². The predicted molar refractivity (Wildman–Crippen MR) is 58.6 cm³/mol. The molecule has 0 fully saturated rings. The Balaban J connectivity index is 2.90. The van der Waals surface area contributed by atoms with E-state index in [9.17, 15) is 4.79 Å². The molecule has 82 valence electrons. The van der Waals surface area contributed by atoms with Crippen molar-refractivity contribution in [2.75, 3.05) is 19.0 Å². The molecular weight excluding hydrogens is 194 g/mol. The largest absolute Gasteiger partial charge is 0.496 e. The average molecular weight is 209 g/mol. The van der Waals surface area contributed by atoms with Crippen LogP contribution in [0.2, 0.25) is 0 Å². The maximum Gasteiger partial charge on any atom is 0.322 e. The highest BCUT2D eigenvalue weighted by atomic mass is 16.5. The number of nitrogens with one attached hydrogen (secondary N) is 1. The van der Waals surface area contributed by atoms with E-state index in [1.165, 1.54) is 0 Å². The molecule has 0 aliphatic carbocycles. The van der Waals surface area contributed by atoms with Gasteiger partial charge in [-0.25, -0.2) is 0 Å². The van der Waals surface area contributed by atoms with Gasteiger partial charge in [-0.1, -0.05) is 0 Å². The van der Waals surface area contributed by atoms with Crippen molar-refractivity contribution >= 4 is 11.7 Å². The molecule has 0 unspecified atom stereocenters. The summed E-state index contributed by atoms with van der Waals surface area (Å²) in [5.41, 5.74) is 2.78. The van der Waals surface area contributed by atoms with Crippen LogP contribution in [0.1, 0.15) is 11.1 Å². The minimum atomic E-state index is -0.872. The zero-order valence-corrected chi connectivity index (χ0v) is 9.13. The summed E-state index contributed by atoms with van der Waals surface area (Å²) >= 11 is 0. The van der Waals surface area contributed by atoms with Gasteiger partial charge in [0.2, 0.25) is 0 Å². The van der Waals surface area contributed by atoms with Crippen LogP contribution in [0.5, 0.6) is 5.75 Å². The number of anilines is 1. The lowest BCUT2D eigenvalue weighted by Crippen LogP contribution is -2.13. The highest BCUT2D eigenvalue weighted by Gasteiger charge is 2.05. The Labute approximate surface area is 88.9 Å². The van der Waals surface area contributed by atoms with Crippen molar-refractivity contribution in [1.82, 2.24) is 0 Å². The van der Waals surface area contributed by atoms with Crippen LogP contribution >= 0.6 is 0 Å². The van der Waals surface area contributed by atoms with E-state index in [0.29, 0.717) is 0 Å². The Bertz CT molecular complexity index is 374. The van der Waals surface area contributed by atoms with Gasteiger partial charge in [0.15, 0.2) is 0 Å². The highest BCUT2D eigenvalue weighted by molar-refractivity contribution is 5.73. The van der Waals surface area contributed by atoms with Gasteiger partial charge in [-0.2, -0.15) is 0 Å². The number of ether oxygens (including phenoxy) is 1. The van der Waals surface area contributed by atoms with E-state index in [4.69, 9.17) is 9.84 Å². The van der Waals surface area contributed by atoms with Crippen LogP contribution in [0, 0.1) is 13.8 Å². The summed E-state index contributed by atoms with van der Waals surface area (Å²) in [6.07, 6.45) is 0. The van der Waals surface area contributed by atoms with E-state index in [0.717, 1.165) is 22.6 Å².